The van der Waals surface area contributed by atoms with Gasteiger partial charge in [0.1, 0.15) is 22.8 Å². The van der Waals surface area contributed by atoms with Crippen LogP contribution in [0, 0.1) is 0 Å². The third kappa shape index (κ3) is 6.62. The predicted molar refractivity (Wildman–Crippen MR) is 145 cm³/mol. The third-order valence-electron chi connectivity index (χ3n) is 6.94. The lowest BCUT2D eigenvalue weighted by Crippen LogP contribution is -2.23. The highest BCUT2D eigenvalue weighted by Crippen LogP contribution is 2.48. The summed E-state index contributed by atoms with van der Waals surface area (Å²) in [6, 6.07) is 6.46. The number of ether oxygens (including phenoxy) is 4. The fourth-order valence-electron chi connectivity index (χ4n) is 4.98. The summed E-state index contributed by atoms with van der Waals surface area (Å²) in [6.07, 6.45) is 6.15. The van der Waals surface area contributed by atoms with Crippen molar-refractivity contribution in [3.63, 3.8) is 0 Å². The summed E-state index contributed by atoms with van der Waals surface area (Å²) in [7, 11) is 1.44. The number of esters is 2. The summed E-state index contributed by atoms with van der Waals surface area (Å²) in [5.74, 6) is -2.08. The van der Waals surface area contributed by atoms with Gasteiger partial charge < -0.3 is 29.8 Å². The molecule has 2 aromatic carbocycles. The average Bonchev–Trinajstić information content (AvgIpc) is 2.90. The normalized spacial score (nSPS) is 20.7. The molecule has 0 saturated heterocycles. The Morgan fingerprint density at radius 2 is 1.90 bits per heavy atom. The molecule has 0 aliphatic carbocycles. The van der Waals surface area contributed by atoms with Crippen LogP contribution in [0.1, 0.15) is 84.8 Å². The SMILES string of the molecule is COc1ccc(C2CC(=O)Oc3cc4c(c(O)c32)C(=O)OC(C)CCCC(=O)CCC/C=C/4)cc1OCC(N)=O. The number of methoxy groups -OCH3 is 1. The first-order chi connectivity index (χ1) is 19.2. The lowest BCUT2D eigenvalue weighted by atomic mass is 9.83. The van der Waals surface area contributed by atoms with E-state index >= 15 is 0 Å². The van der Waals surface area contributed by atoms with Crippen molar-refractivity contribution in [2.24, 2.45) is 5.73 Å². The van der Waals surface area contributed by atoms with Crippen LogP contribution in [0.15, 0.2) is 30.3 Å². The minimum absolute atomic E-state index is 0.0309. The van der Waals surface area contributed by atoms with Gasteiger partial charge >= 0.3 is 11.9 Å². The highest BCUT2D eigenvalue weighted by atomic mass is 16.5. The number of carbonyl (C=O) groups excluding carboxylic acids is 4. The lowest BCUT2D eigenvalue weighted by Gasteiger charge is -2.28. The Bertz CT molecular complexity index is 1350. The Morgan fingerprint density at radius 1 is 1.12 bits per heavy atom. The van der Waals surface area contributed by atoms with Crippen molar-refractivity contribution < 1.29 is 43.2 Å². The van der Waals surface area contributed by atoms with E-state index in [9.17, 15) is 24.3 Å². The Morgan fingerprint density at radius 3 is 2.65 bits per heavy atom. The molecular formula is C30H33NO9. The summed E-state index contributed by atoms with van der Waals surface area (Å²) < 4.78 is 22.0. The number of aromatic hydroxyl groups is 1. The van der Waals surface area contributed by atoms with Gasteiger partial charge in [-0.2, -0.15) is 0 Å². The number of ketones is 1. The molecule has 0 fully saturated rings. The molecule has 0 bridgehead atoms. The van der Waals surface area contributed by atoms with Crippen molar-refractivity contribution in [1.82, 2.24) is 0 Å². The zero-order valence-corrected chi connectivity index (χ0v) is 22.6. The number of nitrogens with two attached hydrogens (primary N) is 1. The van der Waals surface area contributed by atoms with Crippen molar-refractivity contribution in [3.8, 4) is 23.0 Å². The van der Waals surface area contributed by atoms with E-state index in [4.69, 9.17) is 24.7 Å². The van der Waals surface area contributed by atoms with E-state index < -0.39 is 29.9 Å². The molecule has 1 amide bonds. The fraction of sp³-hybridized carbons (Fsp3) is 0.400. The van der Waals surface area contributed by atoms with Gasteiger partial charge in [-0.25, -0.2) is 4.79 Å². The molecule has 2 atom stereocenters. The molecule has 10 heteroatoms. The molecule has 2 aliphatic rings. The fourth-order valence-corrected chi connectivity index (χ4v) is 4.98. The second-order valence-electron chi connectivity index (χ2n) is 9.94. The van der Waals surface area contributed by atoms with Crippen LogP contribution in [0.4, 0.5) is 0 Å². The monoisotopic (exact) mass is 551 g/mol. The molecule has 212 valence electrons. The molecule has 0 saturated carbocycles. The van der Waals surface area contributed by atoms with E-state index in [2.05, 4.69) is 0 Å². The first-order valence-electron chi connectivity index (χ1n) is 13.3. The number of hydrogen-bond donors (Lipinski definition) is 2. The van der Waals surface area contributed by atoms with E-state index in [1.807, 2.05) is 6.08 Å². The van der Waals surface area contributed by atoms with Crippen molar-refractivity contribution in [2.75, 3.05) is 13.7 Å². The summed E-state index contributed by atoms with van der Waals surface area (Å²) in [4.78, 5) is 49.4. The first-order valence-corrected chi connectivity index (χ1v) is 13.3. The highest BCUT2D eigenvalue weighted by molar-refractivity contribution is 5.98. The van der Waals surface area contributed by atoms with Gasteiger partial charge in [0.15, 0.2) is 18.1 Å². The number of allylic oxidation sites excluding steroid dienone is 1. The average molecular weight is 552 g/mol. The Labute approximate surface area is 232 Å². The van der Waals surface area contributed by atoms with Crippen LogP contribution in [0.3, 0.4) is 0 Å². The number of phenols is 1. The molecule has 4 rings (SSSR count). The molecular weight excluding hydrogens is 518 g/mol. The predicted octanol–water partition coefficient (Wildman–Crippen LogP) is 4.19. The van der Waals surface area contributed by atoms with Crippen LogP contribution < -0.4 is 19.9 Å². The molecule has 0 spiro atoms. The molecule has 2 aliphatic heterocycles. The third-order valence-corrected chi connectivity index (χ3v) is 6.94. The lowest BCUT2D eigenvalue weighted by molar-refractivity contribution is -0.135. The van der Waals surface area contributed by atoms with Crippen molar-refractivity contribution >= 4 is 29.7 Å². The molecule has 40 heavy (non-hydrogen) atoms. The summed E-state index contributed by atoms with van der Waals surface area (Å²) >= 11 is 0. The standard InChI is InChI=1S/C30H33NO9/c1-17-7-6-10-20(32)9-5-3-4-8-19-14-24-28(29(35)27(19)30(36)39-17)21(15-26(34)40-24)18-11-12-22(37-2)23(13-18)38-16-25(31)33/h4,8,11-14,17,21,35H,3,5-7,9-10,15-16H2,1-2H3,(H2,31,33)/b8-4+. The van der Waals surface area contributed by atoms with Crippen LogP contribution in [0.25, 0.3) is 6.08 Å². The highest BCUT2D eigenvalue weighted by Gasteiger charge is 2.36. The second-order valence-corrected chi connectivity index (χ2v) is 9.94. The topological polar surface area (TPSA) is 151 Å². The summed E-state index contributed by atoms with van der Waals surface area (Å²) in [5.41, 5.74) is 6.36. The van der Waals surface area contributed by atoms with Crippen molar-refractivity contribution in [1.29, 1.82) is 0 Å². The number of amides is 1. The van der Waals surface area contributed by atoms with Crippen LogP contribution >= 0.6 is 0 Å². The van der Waals surface area contributed by atoms with Gasteiger partial charge in [-0.1, -0.05) is 18.2 Å². The maximum Gasteiger partial charge on any atom is 0.342 e. The molecule has 10 nitrogen and oxygen atoms in total. The Kier molecular flexibility index (Phi) is 9.08. The maximum absolute atomic E-state index is 13.4. The molecule has 2 aromatic rings. The van der Waals surface area contributed by atoms with E-state index in [0.29, 0.717) is 55.4 Å². The zero-order chi connectivity index (χ0) is 28.8. The molecule has 0 aromatic heterocycles. The number of rotatable bonds is 5. The smallest absolute Gasteiger partial charge is 0.342 e. The number of phenolic OH excluding ortho intramolecular Hbond substituents is 1. The van der Waals surface area contributed by atoms with E-state index in [1.54, 1.807) is 37.3 Å². The number of benzene rings is 2. The van der Waals surface area contributed by atoms with Crippen LogP contribution in [-0.2, 0) is 19.1 Å². The molecule has 3 N–H and O–H groups in total. The van der Waals surface area contributed by atoms with Gasteiger partial charge in [0.25, 0.3) is 5.91 Å². The number of Topliss-reactive ketones (excluding diaryl/α,β-unsaturated/α-hetero) is 1. The minimum Gasteiger partial charge on any atom is -0.507 e. The van der Waals surface area contributed by atoms with Gasteiger partial charge in [0.05, 0.1) is 19.6 Å². The van der Waals surface area contributed by atoms with Crippen molar-refractivity contribution in [2.45, 2.75) is 63.9 Å². The summed E-state index contributed by atoms with van der Waals surface area (Å²) in [5, 5.41) is 11.6. The van der Waals surface area contributed by atoms with Crippen LogP contribution in [0.2, 0.25) is 0 Å². The minimum atomic E-state index is -0.716. The molecule has 2 unspecified atom stereocenters. The number of carbonyl (C=O) groups is 4. The van der Waals surface area contributed by atoms with Gasteiger partial charge in [0.2, 0.25) is 0 Å². The summed E-state index contributed by atoms with van der Waals surface area (Å²) in [6.45, 7) is 1.36. The molecule has 2 heterocycles. The Hall–Kier alpha value is -4.34. The van der Waals surface area contributed by atoms with Crippen LogP contribution in [0.5, 0.6) is 23.0 Å². The van der Waals surface area contributed by atoms with Gasteiger partial charge in [-0.3, -0.25) is 14.4 Å². The van der Waals surface area contributed by atoms with Crippen molar-refractivity contribution in [3.05, 3.63) is 52.6 Å². The second kappa shape index (κ2) is 12.7. The number of fused-ring (bicyclic) bond motifs is 2. The number of hydrogen-bond acceptors (Lipinski definition) is 9. The number of cyclic esters (lactones) is 1. The Balaban J connectivity index is 1.80. The quantitative estimate of drug-likeness (QED) is 0.412. The molecule has 0 radical (unpaired) electrons. The number of primary amides is 1. The van der Waals surface area contributed by atoms with Crippen LogP contribution in [-0.4, -0.2) is 48.6 Å². The van der Waals surface area contributed by atoms with Gasteiger partial charge in [-0.15, -0.1) is 0 Å². The van der Waals surface area contributed by atoms with Gasteiger partial charge in [-0.05, 0) is 61.9 Å². The van der Waals surface area contributed by atoms with Gasteiger partial charge in [0, 0.05) is 24.3 Å². The zero-order valence-electron chi connectivity index (χ0n) is 22.6. The largest absolute Gasteiger partial charge is 0.507 e. The maximum atomic E-state index is 13.4. The van der Waals surface area contributed by atoms with E-state index in [0.717, 1.165) is 0 Å². The van der Waals surface area contributed by atoms with E-state index in [1.165, 1.54) is 7.11 Å². The van der Waals surface area contributed by atoms with E-state index in [-0.39, 0.29) is 47.2 Å². The first kappa shape index (κ1) is 28.7.